The van der Waals surface area contributed by atoms with Crippen molar-refractivity contribution in [3.8, 4) is 0 Å². The Morgan fingerprint density at radius 2 is 1.73 bits per heavy atom. The number of imidazole rings is 1. The molecule has 360 valence electrons. The Balaban J connectivity index is 0.797. The molecule has 2 saturated heterocycles. The first-order valence-corrected chi connectivity index (χ1v) is 24.6. The fourth-order valence-electron chi connectivity index (χ4n) is 9.44. The van der Waals surface area contributed by atoms with Gasteiger partial charge in [-0.3, -0.25) is 38.3 Å². The van der Waals surface area contributed by atoms with E-state index in [2.05, 4.69) is 30.2 Å². The number of fused-ring (bicyclic) bond motifs is 2. The highest BCUT2D eigenvalue weighted by atomic mass is 35.5. The summed E-state index contributed by atoms with van der Waals surface area (Å²) in [5.74, 6) is -0.805. The lowest BCUT2D eigenvalue weighted by Gasteiger charge is -2.39. The number of ether oxygens (including phenoxy) is 1. The molecular weight excluding hydrogens is 907 g/mol. The maximum absolute atomic E-state index is 16.2. The topological polar surface area (TPSA) is 215 Å². The number of aliphatic hydroxyl groups is 1. The average Bonchev–Trinajstić information content (AvgIpc) is 3.53. The number of piperidine rings is 1. The Morgan fingerprint density at radius 1 is 1.01 bits per heavy atom. The monoisotopic (exact) mass is 964 g/mol. The summed E-state index contributed by atoms with van der Waals surface area (Å²) >= 11 is 6.22. The molecule has 3 aromatic heterocycles. The Bertz CT molecular complexity index is 2950. The number of piperazine rings is 1. The van der Waals surface area contributed by atoms with Gasteiger partial charge in [0.25, 0.3) is 5.56 Å². The van der Waals surface area contributed by atoms with Crippen LogP contribution in [0.25, 0.3) is 22.1 Å². The molecule has 0 radical (unpaired) electrons. The fraction of sp³-hybridized carbons (Fsp3) is 0.522. The first-order valence-electron chi connectivity index (χ1n) is 22.7. The van der Waals surface area contributed by atoms with Crippen molar-refractivity contribution in [1.82, 2.24) is 38.6 Å². The summed E-state index contributed by atoms with van der Waals surface area (Å²) < 4.78 is 55.9. The van der Waals surface area contributed by atoms with Crippen LogP contribution in [0.5, 0.6) is 0 Å². The van der Waals surface area contributed by atoms with Crippen molar-refractivity contribution in [3.05, 3.63) is 79.8 Å². The van der Waals surface area contributed by atoms with E-state index in [4.69, 9.17) is 16.3 Å². The summed E-state index contributed by atoms with van der Waals surface area (Å²) in [5.41, 5.74) is 0.0711. The van der Waals surface area contributed by atoms with E-state index in [0.717, 1.165) is 45.3 Å². The number of nitrogens with zero attached hydrogens (tertiary/aromatic N) is 7. The number of carbonyl (C=O) groups is 2. The number of amides is 2. The molecule has 3 fully saturated rings. The average molecular weight is 966 g/mol. The molecule has 5 aromatic rings. The Kier molecular flexibility index (Phi) is 13.7. The van der Waals surface area contributed by atoms with Gasteiger partial charge in [0.05, 0.1) is 40.5 Å². The van der Waals surface area contributed by atoms with E-state index >= 15 is 4.39 Å². The second kappa shape index (κ2) is 19.0. The maximum atomic E-state index is 16.2. The lowest BCUT2D eigenvalue weighted by Crippen LogP contribution is -2.48. The summed E-state index contributed by atoms with van der Waals surface area (Å²) in [6, 6.07) is 7.48. The molecule has 2 amide bonds. The zero-order chi connectivity index (χ0) is 48.1. The number of hydrogen-bond acceptors (Lipinski definition) is 13. The molecule has 1 aliphatic carbocycles. The van der Waals surface area contributed by atoms with Crippen LogP contribution in [0.4, 0.5) is 21.7 Å². The lowest BCUT2D eigenvalue weighted by molar-refractivity contribution is -0.135. The van der Waals surface area contributed by atoms with Crippen LogP contribution in [-0.4, -0.2) is 111 Å². The third-order valence-corrected chi connectivity index (χ3v) is 15.4. The van der Waals surface area contributed by atoms with Crippen LogP contribution in [-0.2, 0) is 31.4 Å². The van der Waals surface area contributed by atoms with Crippen molar-refractivity contribution in [2.24, 2.45) is 13.0 Å². The van der Waals surface area contributed by atoms with E-state index in [1.54, 1.807) is 58.9 Å². The molecule has 2 aromatic carbocycles. The number of imide groups is 1. The van der Waals surface area contributed by atoms with Gasteiger partial charge in [-0.25, -0.2) is 27.3 Å². The van der Waals surface area contributed by atoms with Crippen LogP contribution < -0.4 is 31.5 Å². The zero-order valence-corrected chi connectivity index (χ0v) is 40.1. The minimum Gasteiger partial charge on any atom is -0.388 e. The normalized spacial score (nSPS) is 20.9. The fourth-order valence-corrected chi connectivity index (χ4v) is 11.0. The Hall–Kier alpha value is -5.25. The number of aryl methyl sites for hydroxylation is 2. The summed E-state index contributed by atoms with van der Waals surface area (Å²) in [6.07, 6.45) is 5.52. The molecule has 3 unspecified atom stereocenters. The highest BCUT2D eigenvalue weighted by molar-refractivity contribution is 7.89. The quantitative estimate of drug-likeness (QED) is 0.112. The van der Waals surface area contributed by atoms with Crippen LogP contribution >= 0.6 is 11.6 Å². The minimum atomic E-state index is -3.89. The smallest absolute Gasteiger partial charge is 0.329 e. The minimum absolute atomic E-state index is 0.0205. The van der Waals surface area contributed by atoms with Gasteiger partial charge in [0.2, 0.25) is 27.8 Å². The SMILES string of the molecule is Cc1cc(S(=O)(=O)NC(C)COC2CCC(CN3CCN(c4ccc5c(c4F)n(C)c(=O)n5C4CCC(=O)NC4=O)CC3)CC2)ccc1Nc1ncc2cc(Cl)c(=O)n(C(C)C(C)(C)O)c2n1. The molecule has 4 N–H and O–H groups in total. The first kappa shape index (κ1) is 48.2. The molecule has 18 nitrogen and oxygen atoms in total. The van der Waals surface area contributed by atoms with E-state index < -0.39 is 56.7 Å². The van der Waals surface area contributed by atoms with Crippen molar-refractivity contribution >= 4 is 72.8 Å². The number of hydrogen-bond donors (Lipinski definition) is 4. The third kappa shape index (κ3) is 10.0. The summed E-state index contributed by atoms with van der Waals surface area (Å²) in [5, 5.41) is 16.6. The number of rotatable bonds is 14. The van der Waals surface area contributed by atoms with E-state index in [1.165, 1.54) is 39.1 Å². The van der Waals surface area contributed by atoms with Crippen LogP contribution in [0, 0.1) is 18.7 Å². The molecule has 2 aliphatic heterocycles. The van der Waals surface area contributed by atoms with E-state index in [9.17, 15) is 32.7 Å². The van der Waals surface area contributed by atoms with Crippen LogP contribution in [0.1, 0.15) is 83.9 Å². The standard InChI is InChI=1S/C46H58ClFN10O8S/c1-26-21-32(11-12-34(26)50-44-49-23-30-22-33(47)43(61)57(41(30)52-44)28(3)46(4,5)63)67(64,65)53-27(2)25-66-31-9-7-29(8-10-31)24-55-17-19-56(20-18-55)35-13-14-36-40(39(35)48)54(6)45(62)58(36)37-15-16-38(59)51-42(37)60/h11-14,21-23,27-29,31,37,53,63H,7-10,15-20,24-25H2,1-6H3,(H,49,50,52)(H,51,59,60). The largest absolute Gasteiger partial charge is 0.388 e. The van der Waals surface area contributed by atoms with E-state index in [-0.39, 0.29) is 58.5 Å². The first-order chi connectivity index (χ1) is 31.7. The molecule has 3 aliphatic rings. The van der Waals surface area contributed by atoms with Crippen molar-refractivity contribution in [1.29, 1.82) is 0 Å². The summed E-state index contributed by atoms with van der Waals surface area (Å²) in [4.78, 5) is 64.0. The second-order valence-electron chi connectivity index (χ2n) is 18.8. The van der Waals surface area contributed by atoms with E-state index in [0.29, 0.717) is 46.8 Å². The molecule has 1 saturated carbocycles. The molecule has 8 rings (SSSR count). The maximum Gasteiger partial charge on any atom is 0.329 e. The van der Waals surface area contributed by atoms with Crippen LogP contribution in [0.3, 0.4) is 0 Å². The van der Waals surface area contributed by atoms with Crippen LogP contribution in [0.15, 0.2) is 57.1 Å². The van der Waals surface area contributed by atoms with Gasteiger partial charge in [-0.2, -0.15) is 4.98 Å². The van der Waals surface area contributed by atoms with Gasteiger partial charge in [-0.1, -0.05) is 11.6 Å². The number of pyridine rings is 1. The van der Waals surface area contributed by atoms with Crippen LogP contribution in [0.2, 0.25) is 5.02 Å². The number of sulfonamides is 1. The molecule has 0 spiro atoms. The van der Waals surface area contributed by atoms with Gasteiger partial charge in [-0.05, 0) is 115 Å². The number of benzene rings is 2. The number of carbonyl (C=O) groups excluding carboxylic acids is 2. The zero-order valence-electron chi connectivity index (χ0n) is 38.5. The third-order valence-electron chi connectivity index (χ3n) is 13.5. The van der Waals surface area contributed by atoms with Gasteiger partial charge >= 0.3 is 5.69 Å². The summed E-state index contributed by atoms with van der Waals surface area (Å²) in [6.45, 7) is 12.3. The molecular formula is C46H58ClFN10O8S. The highest BCUT2D eigenvalue weighted by Crippen LogP contribution is 2.33. The summed E-state index contributed by atoms with van der Waals surface area (Å²) in [7, 11) is -2.40. The lowest BCUT2D eigenvalue weighted by atomic mass is 9.87. The predicted molar refractivity (Wildman–Crippen MR) is 253 cm³/mol. The molecule has 3 atom stereocenters. The molecule has 67 heavy (non-hydrogen) atoms. The number of nitrogens with one attached hydrogen (secondary N) is 3. The van der Waals surface area contributed by atoms with Gasteiger partial charge in [-0.15, -0.1) is 0 Å². The van der Waals surface area contributed by atoms with Crippen molar-refractivity contribution in [2.45, 2.75) is 108 Å². The van der Waals surface area contributed by atoms with Crippen molar-refractivity contribution in [3.63, 3.8) is 0 Å². The number of anilines is 3. The number of aromatic nitrogens is 5. The Morgan fingerprint density at radius 3 is 2.40 bits per heavy atom. The van der Waals surface area contributed by atoms with Crippen molar-refractivity contribution < 1.29 is 32.2 Å². The Labute approximate surface area is 392 Å². The predicted octanol–water partition coefficient (Wildman–Crippen LogP) is 4.66. The van der Waals surface area contributed by atoms with E-state index in [1.807, 2.05) is 4.90 Å². The van der Waals surface area contributed by atoms with Gasteiger partial charge in [0.1, 0.15) is 22.2 Å². The molecule has 5 heterocycles. The van der Waals surface area contributed by atoms with Gasteiger partial charge in [0.15, 0.2) is 5.82 Å². The van der Waals surface area contributed by atoms with Gasteiger partial charge < -0.3 is 20.1 Å². The molecule has 21 heteroatoms. The second-order valence-corrected chi connectivity index (χ2v) is 20.9. The number of halogens is 2. The highest BCUT2D eigenvalue weighted by Gasteiger charge is 2.34. The van der Waals surface area contributed by atoms with Crippen molar-refractivity contribution in [2.75, 3.05) is 49.5 Å². The van der Waals surface area contributed by atoms with Gasteiger partial charge in [0, 0.05) is 69.5 Å². The molecule has 0 bridgehead atoms.